The van der Waals surface area contributed by atoms with Crippen molar-refractivity contribution in [3.8, 4) is 0 Å². The maximum Gasteiger partial charge on any atom is 0.174 e. The molecule has 0 unspecified atom stereocenters. The molecular formula is C18H15ClN2OS. The number of hydrogen-bond acceptors (Lipinski definition) is 2. The molecule has 2 N–H and O–H groups in total. The molecule has 2 atom stereocenters. The number of nitrogens with one attached hydrogen (secondary N) is 2. The van der Waals surface area contributed by atoms with Crippen molar-refractivity contribution in [2.24, 2.45) is 5.92 Å². The summed E-state index contributed by atoms with van der Waals surface area (Å²) >= 11 is 11.5. The van der Waals surface area contributed by atoms with E-state index in [1.807, 2.05) is 36.4 Å². The summed E-state index contributed by atoms with van der Waals surface area (Å²) in [5.41, 5.74) is 2.04. The van der Waals surface area contributed by atoms with Gasteiger partial charge in [-0.1, -0.05) is 66.7 Å². The highest BCUT2D eigenvalue weighted by atomic mass is 35.5. The van der Waals surface area contributed by atoms with Crippen molar-refractivity contribution in [3.05, 3.63) is 83.0 Å². The zero-order valence-corrected chi connectivity index (χ0v) is 13.8. The molecule has 23 heavy (non-hydrogen) atoms. The summed E-state index contributed by atoms with van der Waals surface area (Å²) in [5.74, 6) is -0.521. The maximum absolute atomic E-state index is 13.0. The molecule has 116 valence electrons. The molecule has 0 aromatic heterocycles. The quantitative estimate of drug-likeness (QED) is 0.656. The Balaban J connectivity index is 2.04. The van der Waals surface area contributed by atoms with Crippen LogP contribution >= 0.6 is 23.8 Å². The summed E-state index contributed by atoms with van der Waals surface area (Å²) in [7, 11) is 0. The minimum atomic E-state index is -0.496. The first-order valence-electron chi connectivity index (χ1n) is 7.18. The van der Waals surface area contributed by atoms with E-state index in [4.69, 9.17) is 23.8 Å². The molecule has 0 bridgehead atoms. The van der Waals surface area contributed by atoms with Gasteiger partial charge in [-0.3, -0.25) is 4.79 Å². The van der Waals surface area contributed by atoms with E-state index in [1.54, 1.807) is 18.2 Å². The molecule has 1 fully saturated rings. The lowest BCUT2D eigenvalue weighted by Gasteiger charge is -2.35. The molecule has 2 aromatic carbocycles. The van der Waals surface area contributed by atoms with E-state index >= 15 is 0 Å². The molecule has 1 aliphatic heterocycles. The van der Waals surface area contributed by atoms with Gasteiger partial charge < -0.3 is 10.6 Å². The highest BCUT2D eigenvalue weighted by Gasteiger charge is 2.37. The number of benzene rings is 2. The standard InChI is InChI=1S/C18H15ClN2OS/c1-11-15(17(22)12-7-3-2-4-8-12)16(21-18(23)20-11)13-9-5-6-10-14(13)19/h2-10,15-16H,1H2,(H2,20,21,23)/t15-,16-/m0/s1. The van der Waals surface area contributed by atoms with Crippen LogP contribution in [0.15, 0.2) is 66.9 Å². The smallest absolute Gasteiger partial charge is 0.174 e. The summed E-state index contributed by atoms with van der Waals surface area (Å²) < 4.78 is 0. The van der Waals surface area contributed by atoms with Crippen LogP contribution in [-0.2, 0) is 0 Å². The van der Waals surface area contributed by atoms with Crippen LogP contribution in [0.2, 0.25) is 5.02 Å². The Kier molecular flexibility index (Phi) is 4.46. The Hall–Kier alpha value is -2.17. The molecule has 1 aliphatic rings. The average molecular weight is 343 g/mol. The lowest BCUT2D eigenvalue weighted by molar-refractivity contribution is 0.0912. The average Bonchev–Trinajstić information content (AvgIpc) is 2.55. The van der Waals surface area contributed by atoms with Crippen LogP contribution in [0.1, 0.15) is 22.0 Å². The van der Waals surface area contributed by atoms with Gasteiger partial charge in [0, 0.05) is 16.3 Å². The van der Waals surface area contributed by atoms with Crippen LogP contribution in [0.3, 0.4) is 0 Å². The Bertz CT molecular complexity index is 776. The van der Waals surface area contributed by atoms with Crippen LogP contribution in [0, 0.1) is 5.92 Å². The number of rotatable bonds is 3. The summed E-state index contributed by atoms with van der Waals surface area (Å²) in [6, 6.07) is 16.3. The van der Waals surface area contributed by atoms with Crippen LogP contribution in [-0.4, -0.2) is 10.9 Å². The van der Waals surface area contributed by atoms with Gasteiger partial charge in [0.2, 0.25) is 0 Å². The predicted molar refractivity (Wildman–Crippen MR) is 96.5 cm³/mol. The molecule has 0 saturated carbocycles. The van der Waals surface area contributed by atoms with E-state index in [9.17, 15) is 4.79 Å². The van der Waals surface area contributed by atoms with E-state index in [2.05, 4.69) is 17.2 Å². The number of carbonyl (C=O) groups is 1. The molecule has 3 nitrogen and oxygen atoms in total. The number of thiocarbonyl (C=S) groups is 1. The second-order valence-electron chi connectivity index (χ2n) is 5.33. The third-order valence-corrected chi connectivity index (χ3v) is 4.41. The molecule has 5 heteroatoms. The normalized spacial score (nSPS) is 20.6. The first-order chi connectivity index (χ1) is 11.1. The van der Waals surface area contributed by atoms with Gasteiger partial charge in [-0.25, -0.2) is 0 Å². The molecule has 2 aromatic rings. The molecule has 3 rings (SSSR count). The highest BCUT2D eigenvalue weighted by molar-refractivity contribution is 7.80. The van der Waals surface area contributed by atoms with Crippen molar-refractivity contribution < 1.29 is 4.79 Å². The second kappa shape index (κ2) is 6.52. The van der Waals surface area contributed by atoms with Gasteiger partial charge in [-0.05, 0) is 23.8 Å². The van der Waals surface area contributed by atoms with Crippen molar-refractivity contribution in [1.82, 2.24) is 10.6 Å². The number of hydrogen-bond donors (Lipinski definition) is 2. The summed E-state index contributed by atoms with van der Waals surface area (Å²) in [4.78, 5) is 13.0. The fourth-order valence-corrected chi connectivity index (χ4v) is 3.27. The molecule has 1 heterocycles. The first kappa shape index (κ1) is 15.7. The zero-order valence-electron chi connectivity index (χ0n) is 12.3. The van der Waals surface area contributed by atoms with Crippen molar-refractivity contribution in [3.63, 3.8) is 0 Å². The Morgan fingerprint density at radius 2 is 1.74 bits per heavy atom. The minimum Gasteiger partial charge on any atom is -0.354 e. The van der Waals surface area contributed by atoms with Gasteiger partial charge >= 0.3 is 0 Å². The lowest BCUT2D eigenvalue weighted by atomic mass is 9.83. The van der Waals surface area contributed by atoms with Crippen molar-refractivity contribution >= 4 is 34.7 Å². The zero-order chi connectivity index (χ0) is 16.4. The molecule has 0 aliphatic carbocycles. The molecule has 1 saturated heterocycles. The van der Waals surface area contributed by atoms with E-state index in [0.717, 1.165) is 5.56 Å². The number of halogens is 1. The fourth-order valence-electron chi connectivity index (χ4n) is 2.76. The monoisotopic (exact) mass is 342 g/mol. The van der Waals surface area contributed by atoms with Crippen LogP contribution in [0.25, 0.3) is 0 Å². The lowest BCUT2D eigenvalue weighted by Crippen LogP contribution is -2.50. The van der Waals surface area contributed by atoms with E-state index in [1.165, 1.54) is 0 Å². The third-order valence-electron chi connectivity index (χ3n) is 3.85. The van der Waals surface area contributed by atoms with Crippen LogP contribution in [0.4, 0.5) is 0 Å². The van der Waals surface area contributed by atoms with E-state index in [-0.39, 0.29) is 11.8 Å². The Morgan fingerprint density at radius 1 is 1.09 bits per heavy atom. The number of ketones is 1. The van der Waals surface area contributed by atoms with Crippen LogP contribution < -0.4 is 10.6 Å². The van der Waals surface area contributed by atoms with Crippen molar-refractivity contribution in [2.45, 2.75) is 6.04 Å². The Morgan fingerprint density at radius 3 is 2.43 bits per heavy atom. The van der Waals surface area contributed by atoms with Gasteiger partial charge in [0.15, 0.2) is 10.9 Å². The second-order valence-corrected chi connectivity index (χ2v) is 6.15. The number of carbonyl (C=O) groups excluding carboxylic acids is 1. The summed E-state index contributed by atoms with van der Waals surface area (Å²) in [6.07, 6.45) is 0. The van der Waals surface area contributed by atoms with Gasteiger partial charge in [0.05, 0.1) is 12.0 Å². The first-order valence-corrected chi connectivity index (χ1v) is 7.96. The predicted octanol–water partition coefficient (Wildman–Crippen LogP) is 3.87. The van der Waals surface area contributed by atoms with Gasteiger partial charge in [-0.15, -0.1) is 0 Å². The Labute approximate surface area is 145 Å². The SMILES string of the molecule is C=C1NC(=S)N[C@@H](c2ccccc2Cl)[C@H]1C(=O)c1ccccc1. The third kappa shape index (κ3) is 3.14. The van der Waals surface area contributed by atoms with Crippen molar-refractivity contribution in [1.29, 1.82) is 0 Å². The highest BCUT2D eigenvalue weighted by Crippen LogP contribution is 2.35. The van der Waals surface area contributed by atoms with E-state index in [0.29, 0.717) is 21.4 Å². The van der Waals surface area contributed by atoms with Gasteiger partial charge in [-0.2, -0.15) is 0 Å². The summed E-state index contributed by atoms with van der Waals surface area (Å²) in [5, 5.41) is 7.15. The summed E-state index contributed by atoms with van der Waals surface area (Å²) in [6.45, 7) is 4.00. The maximum atomic E-state index is 13.0. The molecule has 0 amide bonds. The minimum absolute atomic E-state index is 0.0250. The molecule has 0 spiro atoms. The van der Waals surface area contributed by atoms with E-state index < -0.39 is 5.92 Å². The molecular weight excluding hydrogens is 328 g/mol. The van der Waals surface area contributed by atoms with Crippen LogP contribution in [0.5, 0.6) is 0 Å². The fraction of sp³-hybridized carbons (Fsp3) is 0.111. The largest absolute Gasteiger partial charge is 0.354 e. The molecule has 0 radical (unpaired) electrons. The van der Waals surface area contributed by atoms with Gasteiger partial charge in [0.25, 0.3) is 0 Å². The topological polar surface area (TPSA) is 41.1 Å². The van der Waals surface area contributed by atoms with Gasteiger partial charge in [0.1, 0.15) is 0 Å². The van der Waals surface area contributed by atoms with Crippen molar-refractivity contribution in [2.75, 3.05) is 0 Å². The number of Topliss-reactive ketones (excluding diaryl/α,β-unsaturated/α-hetero) is 1.